The quantitative estimate of drug-likeness (QED) is 0.770. The molecular formula is C8H13N3OS. The Morgan fingerprint density at radius 3 is 3.31 bits per heavy atom. The molecular weight excluding hydrogens is 186 g/mol. The van der Waals surface area contributed by atoms with Crippen LogP contribution in [0.2, 0.25) is 0 Å². The molecule has 5 heteroatoms. The first-order chi connectivity index (χ1) is 6.34. The minimum Gasteiger partial charge on any atom is -0.383 e. The van der Waals surface area contributed by atoms with Gasteiger partial charge in [-0.1, -0.05) is 0 Å². The molecule has 4 nitrogen and oxygen atoms in total. The van der Waals surface area contributed by atoms with E-state index in [2.05, 4.69) is 9.69 Å². The molecule has 1 aromatic rings. The predicted octanol–water partition coefficient (Wildman–Crippen LogP) is 1.32. The number of nitrogen functional groups attached to an aromatic ring is 1. The van der Waals surface area contributed by atoms with Crippen LogP contribution in [-0.4, -0.2) is 23.6 Å². The van der Waals surface area contributed by atoms with Gasteiger partial charge in [-0.15, -0.1) is 0 Å². The van der Waals surface area contributed by atoms with E-state index in [4.69, 9.17) is 10.5 Å². The third kappa shape index (κ3) is 2.32. The second kappa shape index (κ2) is 3.93. The van der Waals surface area contributed by atoms with Gasteiger partial charge in [0.15, 0.2) is 0 Å². The second-order valence-electron chi connectivity index (χ2n) is 3.13. The molecule has 72 valence electrons. The van der Waals surface area contributed by atoms with Gasteiger partial charge in [-0.25, -0.2) is 0 Å². The van der Waals surface area contributed by atoms with Gasteiger partial charge in [0.25, 0.3) is 0 Å². The number of hydrogen-bond acceptors (Lipinski definition) is 5. The Morgan fingerprint density at radius 1 is 1.77 bits per heavy atom. The summed E-state index contributed by atoms with van der Waals surface area (Å²) in [6.45, 7) is 1.76. The summed E-state index contributed by atoms with van der Waals surface area (Å²) in [6.07, 6.45) is 2.70. The number of nitrogens with zero attached hydrogens (tertiary/aromatic N) is 1. The maximum Gasteiger partial charge on any atom is 0.139 e. The van der Waals surface area contributed by atoms with Crippen molar-refractivity contribution in [2.45, 2.75) is 18.9 Å². The van der Waals surface area contributed by atoms with Crippen molar-refractivity contribution in [1.29, 1.82) is 0 Å². The first-order valence-corrected chi connectivity index (χ1v) is 5.19. The van der Waals surface area contributed by atoms with E-state index in [1.54, 1.807) is 0 Å². The van der Waals surface area contributed by atoms with Gasteiger partial charge in [0.2, 0.25) is 0 Å². The van der Waals surface area contributed by atoms with Crippen molar-refractivity contribution in [2.75, 3.05) is 24.2 Å². The number of aromatic nitrogens is 1. The van der Waals surface area contributed by atoms with E-state index in [0.29, 0.717) is 11.9 Å². The van der Waals surface area contributed by atoms with Crippen LogP contribution in [0.4, 0.5) is 10.8 Å². The number of anilines is 2. The summed E-state index contributed by atoms with van der Waals surface area (Å²) in [5.41, 5.74) is 5.49. The molecule has 1 aliphatic rings. The summed E-state index contributed by atoms with van der Waals surface area (Å²) in [6, 6.07) is 1.85. The third-order valence-electron chi connectivity index (χ3n) is 2.06. The summed E-state index contributed by atoms with van der Waals surface area (Å²) >= 11 is 1.39. The van der Waals surface area contributed by atoms with Crippen molar-refractivity contribution >= 4 is 22.4 Å². The molecule has 1 atom stereocenters. The molecule has 13 heavy (non-hydrogen) atoms. The zero-order chi connectivity index (χ0) is 9.10. The van der Waals surface area contributed by atoms with Crippen molar-refractivity contribution in [3.8, 4) is 0 Å². The molecule has 1 aliphatic heterocycles. The summed E-state index contributed by atoms with van der Waals surface area (Å²) < 4.78 is 9.45. The second-order valence-corrected chi connectivity index (χ2v) is 3.94. The molecule has 0 spiro atoms. The van der Waals surface area contributed by atoms with Gasteiger partial charge < -0.3 is 15.8 Å². The maximum absolute atomic E-state index is 5.49. The monoisotopic (exact) mass is 199 g/mol. The van der Waals surface area contributed by atoms with Gasteiger partial charge in [-0.3, -0.25) is 0 Å². The van der Waals surface area contributed by atoms with Crippen molar-refractivity contribution in [2.24, 2.45) is 0 Å². The number of hydrogen-bond donors (Lipinski definition) is 2. The van der Waals surface area contributed by atoms with Crippen LogP contribution >= 0.6 is 11.5 Å². The molecule has 1 fully saturated rings. The lowest BCUT2D eigenvalue weighted by Gasteiger charge is -2.09. The molecule has 1 aromatic heterocycles. The van der Waals surface area contributed by atoms with E-state index in [9.17, 15) is 0 Å². The van der Waals surface area contributed by atoms with E-state index < -0.39 is 0 Å². The number of rotatable bonds is 3. The van der Waals surface area contributed by atoms with Crippen molar-refractivity contribution in [3.63, 3.8) is 0 Å². The SMILES string of the molecule is Nc1cc(NCC2CCCO2)sn1. The lowest BCUT2D eigenvalue weighted by Crippen LogP contribution is -2.17. The van der Waals surface area contributed by atoms with Gasteiger partial charge in [0, 0.05) is 19.2 Å². The van der Waals surface area contributed by atoms with E-state index in [1.807, 2.05) is 6.07 Å². The van der Waals surface area contributed by atoms with Gasteiger partial charge in [-0.05, 0) is 24.4 Å². The van der Waals surface area contributed by atoms with E-state index in [0.717, 1.165) is 24.6 Å². The van der Waals surface area contributed by atoms with Crippen molar-refractivity contribution in [1.82, 2.24) is 4.37 Å². The molecule has 2 heterocycles. The zero-order valence-corrected chi connectivity index (χ0v) is 8.14. The highest BCUT2D eigenvalue weighted by Gasteiger charge is 2.14. The predicted molar refractivity (Wildman–Crippen MR) is 54.0 cm³/mol. The highest BCUT2D eigenvalue weighted by Crippen LogP contribution is 2.19. The fraction of sp³-hybridized carbons (Fsp3) is 0.625. The van der Waals surface area contributed by atoms with E-state index in [1.165, 1.54) is 18.0 Å². The summed E-state index contributed by atoms with van der Waals surface area (Å²) in [5.74, 6) is 0.583. The van der Waals surface area contributed by atoms with Crippen LogP contribution in [0.3, 0.4) is 0 Å². The molecule has 0 saturated carbocycles. The van der Waals surface area contributed by atoms with Crippen LogP contribution in [-0.2, 0) is 4.74 Å². The fourth-order valence-corrected chi connectivity index (χ4v) is 1.97. The number of ether oxygens (including phenoxy) is 1. The van der Waals surface area contributed by atoms with Gasteiger partial charge in [-0.2, -0.15) is 4.37 Å². The average molecular weight is 199 g/mol. The van der Waals surface area contributed by atoms with Gasteiger partial charge in [0.05, 0.1) is 6.10 Å². The van der Waals surface area contributed by atoms with E-state index >= 15 is 0 Å². The smallest absolute Gasteiger partial charge is 0.139 e. The van der Waals surface area contributed by atoms with Crippen LogP contribution in [0.15, 0.2) is 6.07 Å². The molecule has 0 amide bonds. The Hall–Kier alpha value is -0.810. The van der Waals surface area contributed by atoms with Crippen molar-refractivity contribution in [3.05, 3.63) is 6.07 Å². The standard InChI is InChI=1S/C8H13N3OS/c9-7-4-8(13-11-7)10-5-6-2-1-3-12-6/h4,6,10H,1-3,5H2,(H2,9,11). The zero-order valence-electron chi connectivity index (χ0n) is 7.32. The van der Waals surface area contributed by atoms with Crippen LogP contribution in [0.5, 0.6) is 0 Å². The summed E-state index contributed by atoms with van der Waals surface area (Å²) in [7, 11) is 0. The Balaban J connectivity index is 1.78. The fourth-order valence-electron chi connectivity index (χ4n) is 1.39. The lowest BCUT2D eigenvalue weighted by molar-refractivity contribution is 0.120. The van der Waals surface area contributed by atoms with Crippen LogP contribution < -0.4 is 11.1 Å². The number of nitrogens with one attached hydrogen (secondary N) is 1. The molecule has 1 saturated heterocycles. The molecule has 0 aromatic carbocycles. The Labute approximate surface area is 81.3 Å². The lowest BCUT2D eigenvalue weighted by atomic mass is 10.2. The third-order valence-corrected chi connectivity index (χ3v) is 2.82. The molecule has 0 bridgehead atoms. The topological polar surface area (TPSA) is 60.2 Å². The molecule has 1 unspecified atom stereocenters. The molecule has 2 rings (SSSR count). The first-order valence-electron chi connectivity index (χ1n) is 4.42. The van der Waals surface area contributed by atoms with Gasteiger partial charge in [0.1, 0.15) is 10.8 Å². The average Bonchev–Trinajstić information content (AvgIpc) is 2.71. The van der Waals surface area contributed by atoms with E-state index in [-0.39, 0.29) is 0 Å². The highest BCUT2D eigenvalue weighted by molar-refractivity contribution is 7.10. The van der Waals surface area contributed by atoms with Crippen LogP contribution in [0.25, 0.3) is 0 Å². The maximum atomic E-state index is 5.49. The van der Waals surface area contributed by atoms with Crippen LogP contribution in [0.1, 0.15) is 12.8 Å². The normalized spacial score (nSPS) is 22.0. The van der Waals surface area contributed by atoms with Gasteiger partial charge >= 0.3 is 0 Å². The van der Waals surface area contributed by atoms with Crippen LogP contribution in [0, 0.1) is 0 Å². The molecule has 3 N–H and O–H groups in total. The highest BCUT2D eigenvalue weighted by atomic mass is 32.1. The van der Waals surface area contributed by atoms with Crippen molar-refractivity contribution < 1.29 is 4.74 Å². The minimum absolute atomic E-state index is 0.364. The Bertz CT molecular complexity index is 270. The Morgan fingerprint density at radius 2 is 2.69 bits per heavy atom. The summed E-state index contributed by atoms with van der Waals surface area (Å²) in [4.78, 5) is 0. The molecule has 0 aliphatic carbocycles. The number of nitrogens with two attached hydrogens (primary N) is 1. The Kier molecular flexibility index (Phi) is 2.65. The minimum atomic E-state index is 0.364. The first kappa shape index (κ1) is 8.77. The largest absolute Gasteiger partial charge is 0.383 e. The molecule has 0 radical (unpaired) electrons. The summed E-state index contributed by atoms with van der Waals surface area (Å²) in [5, 5.41) is 4.28.